The van der Waals surface area contributed by atoms with Crippen LogP contribution >= 0.6 is 0 Å². The van der Waals surface area contributed by atoms with Gasteiger partial charge in [0, 0.05) is 6.42 Å². The second kappa shape index (κ2) is 37.3. The molecule has 17 atom stereocenters. The van der Waals surface area contributed by atoms with Gasteiger partial charge in [-0.2, -0.15) is 0 Å². The maximum atomic E-state index is 13.2. The third-order valence-electron chi connectivity index (χ3n) is 13.1. The second-order valence-electron chi connectivity index (χ2n) is 19.0. The Morgan fingerprint density at radius 3 is 1.50 bits per heavy atom. The molecule has 416 valence electrons. The number of aliphatic hydroxyl groups excluding tert-OH is 11. The highest BCUT2D eigenvalue weighted by Crippen LogP contribution is 2.33. The van der Waals surface area contributed by atoms with E-state index in [0.717, 1.165) is 64.2 Å². The molecule has 0 aromatic carbocycles. The molecule has 3 rings (SSSR count). The maximum Gasteiger partial charge on any atom is 0.220 e. The first-order valence-corrected chi connectivity index (χ1v) is 26.5. The molecule has 0 radical (unpaired) electrons. The fourth-order valence-electron chi connectivity index (χ4n) is 8.65. The molecule has 3 aliphatic heterocycles. The van der Waals surface area contributed by atoms with E-state index in [2.05, 4.69) is 67.8 Å². The van der Waals surface area contributed by atoms with Crippen molar-refractivity contribution in [2.75, 3.05) is 26.4 Å². The molecule has 3 saturated heterocycles. The molecule has 0 saturated carbocycles. The van der Waals surface area contributed by atoms with E-state index in [1.807, 2.05) is 6.08 Å². The quantitative estimate of drug-likeness (QED) is 0.0317. The molecule has 3 heterocycles. The Morgan fingerprint density at radius 1 is 0.514 bits per heavy atom. The largest absolute Gasteiger partial charge is 0.394 e. The SMILES string of the molecule is CC/C=C\C/C=C\C/C=C\C/C=C\CCCCC(=O)NC(COC1OC(CO)C(OC2OC(CO)C(OC3OC(CO)C(O)C(O)C3O)C(O)C2O)C(O)C1O)C(O)/C=C/CCCCCCCCCCCC. The van der Waals surface area contributed by atoms with Gasteiger partial charge in [0.05, 0.1) is 38.6 Å². The number of hydrogen-bond donors (Lipinski definition) is 12. The van der Waals surface area contributed by atoms with Gasteiger partial charge in [-0.1, -0.05) is 132 Å². The monoisotopic (exact) mass is 1030 g/mol. The van der Waals surface area contributed by atoms with Crippen LogP contribution < -0.4 is 5.32 Å². The lowest BCUT2D eigenvalue weighted by molar-refractivity contribution is -0.379. The number of nitrogens with one attached hydrogen (secondary N) is 1. The normalized spacial score (nSPS) is 32.5. The summed E-state index contributed by atoms with van der Waals surface area (Å²) in [5.41, 5.74) is 0. The van der Waals surface area contributed by atoms with Crippen molar-refractivity contribution >= 4 is 5.91 Å². The molecule has 0 spiro atoms. The number of carbonyl (C=O) groups excluding carboxylic acids is 1. The molecular formula is C53H91NO18. The van der Waals surface area contributed by atoms with Gasteiger partial charge in [0.2, 0.25) is 5.91 Å². The predicted octanol–water partition coefficient (Wildman–Crippen LogP) is 2.53. The van der Waals surface area contributed by atoms with Gasteiger partial charge in [0.25, 0.3) is 0 Å². The number of allylic oxidation sites excluding steroid dienone is 9. The number of amides is 1. The van der Waals surface area contributed by atoms with Crippen LogP contribution in [0.5, 0.6) is 0 Å². The zero-order chi connectivity index (χ0) is 52.7. The lowest BCUT2D eigenvalue weighted by Crippen LogP contribution is -2.66. The van der Waals surface area contributed by atoms with Crippen LogP contribution in [0.4, 0.5) is 0 Å². The molecule has 17 unspecified atom stereocenters. The van der Waals surface area contributed by atoms with Gasteiger partial charge in [-0.25, -0.2) is 0 Å². The summed E-state index contributed by atoms with van der Waals surface area (Å²) in [7, 11) is 0. The standard InChI is InChI=1S/C53H91NO18/c1-3-5-7-9-11-13-15-17-18-19-21-23-25-27-29-31-41(59)54-36(37(58)30-28-26-24-22-20-16-14-12-10-8-6-4-2)35-67-51-47(65)44(62)49(39(33-56)69-51)72-53-48(66)45(63)50(40(34-57)70-53)71-52-46(64)43(61)42(60)38(32-55)68-52/h5,7,11,13,17-18,21,23,28,30,36-40,42-53,55-58,60-66H,3-4,6,8-10,12,14-16,19-20,22,24-27,29,31-35H2,1-2H3,(H,54,59)/b7-5-,13-11-,18-17-,23-21-,30-28+. The Kier molecular flexibility index (Phi) is 33.0. The van der Waals surface area contributed by atoms with E-state index < -0.39 is 124 Å². The van der Waals surface area contributed by atoms with Crippen LogP contribution in [-0.2, 0) is 33.2 Å². The molecular weight excluding hydrogens is 939 g/mol. The van der Waals surface area contributed by atoms with Crippen molar-refractivity contribution < 1.29 is 89.4 Å². The minimum Gasteiger partial charge on any atom is -0.394 e. The highest BCUT2D eigenvalue weighted by atomic mass is 16.8. The number of hydrogen-bond acceptors (Lipinski definition) is 18. The first kappa shape index (κ1) is 63.8. The zero-order valence-corrected chi connectivity index (χ0v) is 42.6. The summed E-state index contributed by atoms with van der Waals surface area (Å²) >= 11 is 0. The van der Waals surface area contributed by atoms with E-state index in [0.29, 0.717) is 6.42 Å². The summed E-state index contributed by atoms with van der Waals surface area (Å²) in [4.78, 5) is 13.2. The van der Waals surface area contributed by atoms with E-state index in [-0.39, 0.29) is 18.9 Å². The van der Waals surface area contributed by atoms with Gasteiger partial charge in [0.15, 0.2) is 18.9 Å². The van der Waals surface area contributed by atoms with Gasteiger partial charge in [-0.3, -0.25) is 4.79 Å². The second-order valence-corrected chi connectivity index (χ2v) is 19.0. The summed E-state index contributed by atoms with van der Waals surface area (Å²) in [6.07, 6.45) is 12.2. The minimum atomic E-state index is -1.98. The van der Waals surface area contributed by atoms with Crippen molar-refractivity contribution in [1.29, 1.82) is 0 Å². The average Bonchev–Trinajstić information content (AvgIpc) is 3.37. The van der Waals surface area contributed by atoms with Crippen LogP contribution in [0, 0.1) is 0 Å². The topological polar surface area (TPSA) is 307 Å². The van der Waals surface area contributed by atoms with Gasteiger partial charge in [-0.15, -0.1) is 0 Å². The fourth-order valence-corrected chi connectivity index (χ4v) is 8.65. The van der Waals surface area contributed by atoms with Crippen LogP contribution in [-0.4, -0.2) is 193 Å². The number of unbranched alkanes of at least 4 members (excludes halogenated alkanes) is 12. The van der Waals surface area contributed by atoms with Crippen molar-refractivity contribution in [2.24, 2.45) is 0 Å². The number of carbonyl (C=O) groups is 1. The fraction of sp³-hybridized carbons (Fsp3) is 0.792. The van der Waals surface area contributed by atoms with Gasteiger partial charge >= 0.3 is 0 Å². The molecule has 0 aromatic heterocycles. The average molecular weight is 1030 g/mol. The van der Waals surface area contributed by atoms with Crippen LogP contribution in [0.3, 0.4) is 0 Å². The van der Waals surface area contributed by atoms with E-state index in [9.17, 15) is 61.0 Å². The Hall–Kier alpha value is -2.51. The van der Waals surface area contributed by atoms with E-state index >= 15 is 0 Å². The summed E-state index contributed by atoms with van der Waals surface area (Å²) in [5.74, 6) is -0.321. The molecule has 0 bridgehead atoms. The van der Waals surface area contributed by atoms with Crippen LogP contribution in [0.2, 0.25) is 0 Å². The number of rotatable bonds is 36. The molecule has 19 nitrogen and oxygen atoms in total. The summed E-state index contributed by atoms with van der Waals surface area (Å²) in [5, 5.41) is 120. The van der Waals surface area contributed by atoms with Crippen molar-refractivity contribution in [3.8, 4) is 0 Å². The Bertz CT molecular complexity index is 1560. The van der Waals surface area contributed by atoms with E-state index in [1.54, 1.807) is 6.08 Å². The van der Waals surface area contributed by atoms with E-state index in [1.165, 1.54) is 44.9 Å². The summed E-state index contributed by atoms with van der Waals surface area (Å²) in [6, 6.07) is -0.994. The molecule has 72 heavy (non-hydrogen) atoms. The van der Waals surface area contributed by atoms with E-state index in [4.69, 9.17) is 28.4 Å². The van der Waals surface area contributed by atoms with Crippen LogP contribution in [0.1, 0.15) is 136 Å². The first-order chi connectivity index (χ1) is 34.8. The highest BCUT2D eigenvalue weighted by Gasteiger charge is 2.53. The highest BCUT2D eigenvalue weighted by molar-refractivity contribution is 5.76. The molecule has 19 heteroatoms. The third kappa shape index (κ3) is 22.4. The lowest BCUT2D eigenvalue weighted by Gasteiger charge is -2.48. The van der Waals surface area contributed by atoms with Crippen molar-refractivity contribution in [3.05, 3.63) is 60.8 Å². The Labute approximate surface area is 426 Å². The molecule has 3 aliphatic rings. The number of aliphatic hydroxyl groups is 11. The summed E-state index contributed by atoms with van der Waals surface area (Å²) < 4.78 is 34.1. The van der Waals surface area contributed by atoms with Crippen molar-refractivity contribution in [2.45, 2.75) is 240 Å². The maximum absolute atomic E-state index is 13.2. The van der Waals surface area contributed by atoms with Gasteiger partial charge in [-0.05, 0) is 57.8 Å². The smallest absolute Gasteiger partial charge is 0.220 e. The van der Waals surface area contributed by atoms with Crippen LogP contribution in [0.25, 0.3) is 0 Å². The predicted molar refractivity (Wildman–Crippen MR) is 268 cm³/mol. The lowest BCUT2D eigenvalue weighted by atomic mass is 9.96. The van der Waals surface area contributed by atoms with Gasteiger partial charge < -0.3 is 89.9 Å². The Morgan fingerprint density at radius 2 is 0.958 bits per heavy atom. The minimum absolute atomic E-state index is 0.188. The van der Waals surface area contributed by atoms with Crippen LogP contribution in [0.15, 0.2) is 60.8 Å². The third-order valence-corrected chi connectivity index (χ3v) is 13.1. The molecule has 0 aromatic rings. The number of ether oxygens (including phenoxy) is 6. The molecule has 3 fully saturated rings. The molecule has 0 aliphatic carbocycles. The van der Waals surface area contributed by atoms with Crippen molar-refractivity contribution in [1.82, 2.24) is 5.32 Å². The Balaban J connectivity index is 1.57. The summed E-state index contributed by atoms with van der Waals surface area (Å²) in [6.45, 7) is 1.51. The molecule has 1 amide bonds. The first-order valence-electron chi connectivity index (χ1n) is 26.5. The van der Waals surface area contributed by atoms with Gasteiger partial charge in [0.1, 0.15) is 73.2 Å². The zero-order valence-electron chi connectivity index (χ0n) is 42.6. The molecule has 12 N–H and O–H groups in total. The van der Waals surface area contributed by atoms with Crippen molar-refractivity contribution in [3.63, 3.8) is 0 Å².